The smallest absolute Gasteiger partial charge is 0.0971 e. The maximum Gasteiger partial charge on any atom is 0.0971 e. The molecular formula is C24H20N2S2. The molecule has 0 amide bonds. The number of benzene rings is 1. The molecule has 1 aromatic carbocycles. The fourth-order valence-corrected chi connectivity index (χ4v) is 8.29. The Labute approximate surface area is 172 Å². The monoisotopic (exact) mass is 400 g/mol. The van der Waals surface area contributed by atoms with Crippen LogP contribution in [0.4, 0.5) is 0 Å². The summed E-state index contributed by atoms with van der Waals surface area (Å²) in [7, 11) is 0. The lowest BCUT2D eigenvalue weighted by molar-refractivity contribution is 0.690. The van der Waals surface area contributed by atoms with Gasteiger partial charge < -0.3 is 0 Å². The van der Waals surface area contributed by atoms with Crippen molar-refractivity contribution in [2.75, 3.05) is 0 Å². The first-order valence-electron chi connectivity index (χ1n) is 9.60. The number of hydrogen-bond donors (Lipinski definition) is 0. The molecule has 0 radical (unpaired) electrons. The molecule has 4 heteroatoms. The van der Waals surface area contributed by atoms with E-state index in [4.69, 9.17) is 9.97 Å². The Kier molecular flexibility index (Phi) is 3.20. The third-order valence-electron chi connectivity index (χ3n) is 6.53. The molecule has 0 spiro atoms. The molecule has 2 aliphatic heterocycles. The highest BCUT2D eigenvalue weighted by molar-refractivity contribution is 8.09. The lowest BCUT2D eigenvalue weighted by Crippen LogP contribution is -2.53. The van der Waals surface area contributed by atoms with Gasteiger partial charge in [0, 0.05) is 23.2 Å². The molecule has 4 heterocycles. The highest BCUT2D eigenvalue weighted by Crippen LogP contribution is 2.64. The van der Waals surface area contributed by atoms with E-state index in [9.17, 15) is 0 Å². The number of nitrogens with zero attached hydrogens (tertiary/aromatic N) is 2. The van der Waals surface area contributed by atoms with Gasteiger partial charge in [-0.1, -0.05) is 12.1 Å². The normalized spacial score (nSPS) is 28.3. The van der Waals surface area contributed by atoms with Gasteiger partial charge in [0.25, 0.3) is 0 Å². The van der Waals surface area contributed by atoms with E-state index in [1.165, 1.54) is 42.2 Å². The van der Waals surface area contributed by atoms with E-state index in [2.05, 4.69) is 64.1 Å². The van der Waals surface area contributed by atoms with Crippen LogP contribution in [0.2, 0.25) is 0 Å². The van der Waals surface area contributed by atoms with Crippen LogP contribution >= 0.6 is 23.5 Å². The second-order valence-electron chi connectivity index (χ2n) is 8.16. The second kappa shape index (κ2) is 5.31. The van der Waals surface area contributed by atoms with Crippen molar-refractivity contribution in [3.63, 3.8) is 0 Å². The second-order valence-corrected chi connectivity index (χ2v) is 11.5. The molecule has 0 unspecified atom stereocenters. The number of aromatic nitrogens is 2. The van der Waals surface area contributed by atoms with Crippen LogP contribution in [0, 0.1) is 0 Å². The van der Waals surface area contributed by atoms with Crippen molar-refractivity contribution in [1.29, 1.82) is 0 Å². The lowest BCUT2D eigenvalue weighted by atomic mass is 9.74. The summed E-state index contributed by atoms with van der Waals surface area (Å²) >= 11 is 4.04. The van der Waals surface area contributed by atoms with E-state index < -0.39 is 0 Å². The lowest BCUT2D eigenvalue weighted by Gasteiger charge is -2.45. The Morgan fingerprint density at radius 2 is 1.14 bits per heavy atom. The average molecular weight is 401 g/mol. The SMILES string of the molecule is CC1=CC2=c3c(c4cccnc4c4ncccc34)=C3C=C(C)S[C@]3(C)[C@@]2(C)S1. The number of pyridine rings is 2. The third-order valence-corrected chi connectivity index (χ3v) is 9.61. The molecule has 0 N–H and O–H groups in total. The van der Waals surface area contributed by atoms with Crippen LogP contribution in [0.5, 0.6) is 0 Å². The quantitative estimate of drug-likeness (QED) is 0.501. The molecule has 0 fully saturated rings. The fraction of sp³-hybridized carbons (Fsp3) is 0.250. The predicted molar refractivity (Wildman–Crippen MR) is 123 cm³/mol. The zero-order valence-electron chi connectivity index (χ0n) is 16.3. The van der Waals surface area contributed by atoms with Gasteiger partial charge in [-0.15, -0.1) is 23.5 Å². The average Bonchev–Trinajstić information content (AvgIpc) is 3.17. The minimum absolute atomic E-state index is 0.00298. The standard InChI is InChI=1S/C24H20N2S2/c1-13-11-17-19-15-7-5-9-25-21(15)22-16(8-6-10-26-22)20(19)18-12-14(2)28-24(18,4)23(17,3)27-13/h5-12H,1-4H3/t23-,24-/m0/s1. The Morgan fingerprint density at radius 3 is 1.57 bits per heavy atom. The van der Waals surface area contributed by atoms with Crippen molar-refractivity contribution in [3.05, 3.63) is 69.1 Å². The van der Waals surface area contributed by atoms with E-state index in [0.29, 0.717) is 0 Å². The maximum absolute atomic E-state index is 4.76. The van der Waals surface area contributed by atoms with E-state index in [1.807, 2.05) is 35.9 Å². The van der Waals surface area contributed by atoms with E-state index >= 15 is 0 Å². The van der Waals surface area contributed by atoms with Gasteiger partial charge in [-0.05, 0) is 83.4 Å². The number of allylic oxidation sites excluding steroid dienone is 4. The molecule has 2 aromatic heterocycles. The number of rotatable bonds is 0. The van der Waals surface area contributed by atoms with Crippen molar-refractivity contribution in [1.82, 2.24) is 9.97 Å². The summed E-state index contributed by atoms with van der Waals surface area (Å²) in [6.45, 7) is 9.34. The Hall–Kier alpha value is -2.04. The molecule has 28 heavy (non-hydrogen) atoms. The first-order chi connectivity index (χ1) is 13.4. The van der Waals surface area contributed by atoms with Crippen LogP contribution in [0.3, 0.4) is 0 Å². The zero-order chi connectivity index (χ0) is 19.3. The van der Waals surface area contributed by atoms with Crippen molar-refractivity contribution in [2.24, 2.45) is 0 Å². The molecule has 138 valence electrons. The molecule has 2 nitrogen and oxygen atoms in total. The van der Waals surface area contributed by atoms with Crippen molar-refractivity contribution in [3.8, 4) is 0 Å². The fourth-order valence-electron chi connectivity index (χ4n) is 5.25. The molecular weight excluding hydrogens is 380 g/mol. The van der Waals surface area contributed by atoms with E-state index in [0.717, 1.165) is 11.0 Å². The van der Waals surface area contributed by atoms with Crippen LogP contribution in [-0.2, 0) is 0 Å². The number of hydrogen-bond acceptors (Lipinski definition) is 4. The molecule has 6 rings (SSSR count). The van der Waals surface area contributed by atoms with Crippen LogP contribution < -0.4 is 10.4 Å². The van der Waals surface area contributed by atoms with Gasteiger partial charge in [-0.25, -0.2) is 0 Å². The van der Waals surface area contributed by atoms with Crippen LogP contribution in [0.1, 0.15) is 27.7 Å². The Morgan fingerprint density at radius 1 is 0.714 bits per heavy atom. The van der Waals surface area contributed by atoms with Gasteiger partial charge in [0.05, 0.1) is 20.5 Å². The predicted octanol–water partition coefficient (Wildman–Crippen LogP) is 4.92. The van der Waals surface area contributed by atoms with Crippen molar-refractivity contribution in [2.45, 2.75) is 37.2 Å². The Balaban J connectivity index is 2.05. The van der Waals surface area contributed by atoms with Crippen LogP contribution in [0.25, 0.3) is 33.0 Å². The van der Waals surface area contributed by atoms with Gasteiger partial charge in [0.15, 0.2) is 0 Å². The summed E-state index contributed by atoms with van der Waals surface area (Å²) in [5.74, 6) is 0. The largest absolute Gasteiger partial charge is 0.254 e. The number of fused-ring (bicyclic) bond motifs is 9. The molecule has 3 aromatic rings. The summed E-state index contributed by atoms with van der Waals surface area (Å²) in [4.78, 5) is 12.3. The minimum Gasteiger partial charge on any atom is -0.254 e. The van der Waals surface area contributed by atoms with Gasteiger partial charge in [0.2, 0.25) is 0 Å². The molecule has 3 aliphatic rings. The van der Waals surface area contributed by atoms with Crippen molar-refractivity contribution < 1.29 is 0 Å². The highest BCUT2D eigenvalue weighted by Gasteiger charge is 2.56. The van der Waals surface area contributed by atoms with Gasteiger partial charge in [-0.2, -0.15) is 0 Å². The van der Waals surface area contributed by atoms with Crippen LogP contribution in [-0.4, -0.2) is 19.5 Å². The topological polar surface area (TPSA) is 25.8 Å². The van der Waals surface area contributed by atoms with Gasteiger partial charge >= 0.3 is 0 Å². The number of thioether (sulfide) groups is 2. The van der Waals surface area contributed by atoms with Gasteiger partial charge in [-0.3, -0.25) is 9.97 Å². The van der Waals surface area contributed by atoms with Crippen LogP contribution in [0.15, 0.2) is 58.6 Å². The summed E-state index contributed by atoms with van der Waals surface area (Å²) < 4.78 is -0.00595. The molecule has 0 bridgehead atoms. The molecule has 0 saturated heterocycles. The first-order valence-corrected chi connectivity index (χ1v) is 11.2. The van der Waals surface area contributed by atoms with Crippen molar-refractivity contribution >= 4 is 56.5 Å². The highest BCUT2D eigenvalue weighted by atomic mass is 32.2. The minimum atomic E-state index is -0.00298. The van der Waals surface area contributed by atoms with Gasteiger partial charge in [0.1, 0.15) is 0 Å². The summed E-state index contributed by atoms with van der Waals surface area (Å²) in [6.07, 6.45) is 8.59. The first kappa shape index (κ1) is 16.9. The molecule has 2 atom stereocenters. The molecule has 1 aliphatic carbocycles. The maximum atomic E-state index is 4.76. The third kappa shape index (κ3) is 1.84. The Bertz CT molecular complexity index is 1310. The zero-order valence-corrected chi connectivity index (χ0v) is 18.0. The van der Waals surface area contributed by atoms with E-state index in [1.54, 1.807) is 0 Å². The molecule has 0 saturated carbocycles. The summed E-state index contributed by atoms with van der Waals surface area (Å²) in [6, 6.07) is 8.54. The van der Waals surface area contributed by atoms with E-state index in [-0.39, 0.29) is 9.49 Å². The summed E-state index contributed by atoms with van der Waals surface area (Å²) in [5.41, 5.74) is 4.89. The summed E-state index contributed by atoms with van der Waals surface area (Å²) in [5, 5.41) is 5.15.